The number of carboxylic acids is 1. The summed E-state index contributed by atoms with van der Waals surface area (Å²) in [5.74, 6) is -1.14. The summed E-state index contributed by atoms with van der Waals surface area (Å²) in [7, 11) is -3.62. The average Bonchev–Trinajstić information content (AvgIpc) is 2.67. The van der Waals surface area contributed by atoms with Crippen LogP contribution in [0.15, 0.2) is 27.6 Å². The Bertz CT molecular complexity index is 607. The third kappa shape index (κ3) is 3.39. The van der Waals surface area contributed by atoms with Gasteiger partial charge in [0.1, 0.15) is 0 Å². The van der Waals surface area contributed by atoms with Gasteiger partial charge in [0.05, 0.1) is 10.5 Å². The highest BCUT2D eigenvalue weighted by atomic mass is 79.9. The molecule has 0 atom stereocenters. The highest BCUT2D eigenvalue weighted by molar-refractivity contribution is 9.10. The topological polar surface area (TPSA) is 74.7 Å². The standard InChI is InChI=1S/C13H16BrNO4S/c14-11-7-10(13(16)17)8-12(9-11)20(18,19)15-5-3-1-2-4-6-15/h7-9H,1-6H2,(H,16,17). The molecule has 1 heterocycles. The van der Waals surface area contributed by atoms with E-state index in [1.54, 1.807) is 0 Å². The van der Waals surface area contributed by atoms with Crippen LogP contribution < -0.4 is 0 Å². The first-order valence-electron chi connectivity index (χ1n) is 6.45. The number of rotatable bonds is 3. The maximum atomic E-state index is 12.6. The van der Waals surface area contributed by atoms with E-state index in [4.69, 9.17) is 5.11 Å². The van der Waals surface area contributed by atoms with Gasteiger partial charge in [-0.2, -0.15) is 4.31 Å². The van der Waals surface area contributed by atoms with Crippen LogP contribution in [0.5, 0.6) is 0 Å². The summed E-state index contributed by atoms with van der Waals surface area (Å²) in [6, 6.07) is 4.06. The van der Waals surface area contributed by atoms with Gasteiger partial charge >= 0.3 is 5.97 Å². The SMILES string of the molecule is O=C(O)c1cc(Br)cc(S(=O)(=O)N2CCCCCC2)c1. The molecular formula is C13H16BrNO4S. The molecule has 0 saturated carbocycles. The summed E-state index contributed by atoms with van der Waals surface area (Å²) < 4.78 is 27.1. The van der Waals surface area contributed by atoms with E-state index in [-0.39, 0.29) is 10.5 Å². The first-order chi connectivity index (χ1) is 9.41. The van der Waals surface area contributed by atoms with Crippen LogP contribution in [0.4, 0.5) is 0 Å². The van der Waals surface area contributed by atoms with E-state index in [2.05, 4.69) is 15.9 Å². The predicted molar refractivity (Wildman–Crippen MR) is 78.3 cm³/mol. The zero-order valence-electron chi connectivity index (χ0n) is 10.9. The number of carboxylic acid groups (broad SMARTS) is 1. The summed E-state index contributed by atoms with van der Waals surface area (Å²) >= 11 is 3.17. The maximum Gasteiger partial charge on any atom is 0.335 e. The molecule has 2 rings (SSSR count). The van der Waals surface area contributed by atoms with Gasteiger partial charge in [-0.25, -0.2) is 13.2 Å². The molecule has 0 radical (unpaired) electrons. The van der Waals surface area contributed by atoms with E-state index in [9.17, 15) is 13.2 Å². The Labute approximate surface area is 126 Å². The molecule has 1 saturated heterocycles. The number of benzene rings is 1. The molecule has 0 aliphatic carbocycles. The number of hydrogen-bond donors (Lipinski definition) is 1. The van der Waals surface area contributed by atoms with Crippen LogP contribution in [0, 0.1) is 0 Å². The first kappa shape index (κ1) is 15.5. The predicted octanol–water partition coefficient (Wildman–Crippen LogP) is 2.71. The molecule has 1 aromatic carbocycles. The number of halogens is 1. The van der Waals surface area contributed by atoms with Gasteiger partial charge in [-0.05, 0) is 31.0 Å². The van der Waals surface area contributed by atoms with Crippen LogP contribution in [-0.2, 0) is 10.0 Å². The zero-order chi connectivity index (χ0) is 14.8. The Morgan fingerprint density at radius 2 is 1.70 bits per heavy atom. The first-order valence-corrected chi connectivity index (χ1v) is 8.68. The number of carbonyl (C=O) groups is 1. The fraction of sp³-hybridized carbons (Fsp3) is 0.462. The number of nitrogens with zero attached hydrogens (tertiary/aromatic N) is 1. The van der Waals surface area contributed by atoms with Crippen LogP contribution >= 0.6 is 15.9 Å². The second kappa shape index (κ2) is 6.24. The van der Waals surface area contributed by atoms with Crippen LogP contribution in [-0.4, -0.2) is 36.9 Å². The summed E-state index contributed by atoms with van der Waals surface area (Å²) in [6.45, 7) is 0.995. The molecule has 1 N–H and O–H groups in total. The minimum atomic E-state index is -3.62. The van der Waals surface area contributed by atoms with Gasteiger partial charge < -0.3 is 5.11 Å². The summed E-state index contributed by atoms with van der Waals surface area (Å²) in [4.78, 5) is 11.1. The summed E-state index contributed by atoms with van der Waals surface area (Å²) in [5, 5.41) is 9.03. The Hall–Kier alpha value is -0.920. The van der Waals surface area contributed by atoms with Crippen LogP contribution in [0.3, 0.4) is 0 Å². The molecule has 0 amide bonds. The number of hydrogen-bond acceptors (Lipinski definition) is 3. The molecule has 0 aromatic heterocycles. The lowest BCUT2D eigenvalue weighted by molar-refractivity contribution is 0.0696. The Morgan fingerprint density at radius 3 is 2.25 bits per heavy atom. The molecule has 110 valence electrons. The van der Waals surface area contributed by atoms with E-state index in [1.807, 2.05) is 0 Å². The summed E-state index contributed by atoms with van der Waals surface area (Å²) in [5.41, 5.74) is -0.0345. The van der Waals surface area contributed by atoms with E-state index in [0.29, 0.717) is 17.6 Å². The van der Waals surface area contributed by atoms with Crippen molar-refractivity contribution in [2.24, 2.45) is 0 Å². The monoisotopic (exact) mass is 361 g/mol. The third-order valence-electron chi connectivity index (χ3n) is 3.32. The van der Waals surface area contributed by atoms with Gasteiger partial charge in [-0.1, -0.05) is 28.8 Å². The van der Waals surface area contributed by atoms with Crippen LogP contribution in [0.25, 0.3) is 0 Å². The molecule has 1 aliphatic heterocycles. The molecule has 0 bridgehead atoms. The Kier molecular flexibility index (Phi) is 4.82. The van der Waals surface area contributed by atoms with Crippen molar-refractivity contribution >= 4 is 31.9 Å². The highest BCUT2D eigenvalue weighted by Crippen LogP contribution is 2.24. The maximum absolute atomic E-state index is 12.6. The minimum Gasteiger partial charge on any atom is -0.478 e. The largest absolute Gasteiger partial charge is 0.478 e. The van der Waals surface area contributed by atoms with Crippen LogP contribution in [0.2, 0.25) is 0 Å². The molecule has 0 unspecified atom stereocenters. The van der Waals surface area contributed by atoms with E-state index in [0.717, 1.165) is 25.7 Å². The lowest BCUT2D eigenvalue weighted by Gasteiger charge is -2.20. The van der Waals surface area contributed by atoms with Crippen molar-refractivity contribution in [3.8, 4) is 0 Å². The van der Waals surface area contributed by atoms with Gasteiger partial charge in [0.2, 0.25) is 10.0 Å². The van der Waals surface area contributed by atoms with Gasteiger partial charge in [0.15, 0.2) is 0 Å². The Balaban J connectivity index is 2.40. The molecule has 1 aromatic rings. The Morgan fingerprint density at radius 1 is 1.10 bits per heavy atom. The number of aromatic carboxylic acids is 1. The van der Waals surface area contributed by atoms with Crippen molar-refractivity contribution in [1.82, 2.24) is 4.31 Å². The lowest BCUT2D eigenvalue weighted by Crippen LogP contribution is -2.32. The highest BCUT2D eigenvalue weighted by Gasteiger charge is 2.26. The molecule has 20 heavy (non-hydrogen) atoms. The van der Waals surface area contributed by atoms with Crippen LogP contribution in [0.1, 0.15) is 36.0 Å². The van der Waals surface area contributed by atoms with E-state index in [1.165, 1.54) is 22.5 Å². The molecule has 0 spiro atoms. The van der Waals surface area contributed by atoms with Crippen molar-refractivity contribution in [3.05, 3.63) is 28.2 Å². The second-order valence-electron chi connectivity index (χ2n) is 4.80. The van der Waals surface area contributed by atoms with E-state index >= 15 is 0 Å². The fourth-order valence-electron chi connectivity index (χ4n) is 2.27. The molecule has 1 fully saturated rings. The van der Waals surface area contributed by atoms with Gasteiger partial charge in [-0.15, -0.1) is 0 Å². The van der Waals surface area contributed by atoms with Crippen molar-refractivity contribution in [3.63, 3.8) is 0 Å². The van der Waals surface area contributed by atoms with Crippen molar-refractivity contribution in [1.29, 1.82) is 0 Å². The van der Waals surface area contributed by atoms with Gasteiger partial charge in [0, 0.05) is 17.6 Å². The average molecular weight is 362 g/mol. The summed E-state index contributed by atoms with van der Waals surface area (Å²) in [6.07, 6.45) is 3.76. The fourth-order valence-corrected chi connectivity index (χ4v) is 4.50. The molecular weight excluding hydrogens is 346 g/mol. The van der Waals surface area contributed by atoms with E-state index < -0.39 is 16.0 Å². The van der Waals surface area contributed by atoms with Crippen molar-refractivity contribution < 1.29 is 18.3 Å². The quantitative estimate of drug-likeness (QED) is 0.897. The molecule has 5 nitrogen and oxygen atoms in total. The van der Waals surface area contributed by atoms with Gasteiger partial charge in [0.25, 0.3) is 0 Å². The third-order valence-corrected chi connectivity index (χ3v) is 5.66. The zero-order valence-corrected chi connectivity index (χ0v) is 13.3. The van der Waals surface area contributed by atoms with Crippen molar-refractivity contribution in [2.45, 2.75) is 30.6 Å². The molecule has 1 aliphatic rings. The minimum absolute atomic E-state index is 0.0335. The number of sulfonamides is 1. The molecule has 7 heteroatoms. The normalized spacial score (nSPS) is 17.6. The smallest absolute Gasteiger partial charge is 0.335 e. The van der Waals surface area contributed by atoms with Gasteiger partial charge in [-0.3, -0.25) is 0 Å². The lowest BCUT2D eigenvalue weighted by atomic mass is 10.2. The van der Waals surface area contributed by atoms with Crippen molar-refractivity contribution in [2.75, 3.05) is 13.1 Å². The second-order valence-corrected chi connectivity index (χ2v) is 7.65.